The van der Waals surface area contributed by atoms with Crippen molar-refractivity contribution in [2.45, 2.75) is 190 Å². The molecule has 1 atom stereocenters. The summed E-state index contributed by atoms with van der Waals surface area (Å²) in [6, 6.07) is 64.7. The fraction of sp³-hybridized carbons (Fsp3) is 0.356. The molecule has 11 rings (SSSR count). The number of aliphatic hydroxyl groups is 2. The molecule has 19 heteroatoms. The fourth-order valence-corrected chi connectivity index (χ4v) is 13.7. The molecule has 654 valence electrons. The first-order valence-corrected chi connectivity index (χ1v) is 42.3. The number of aromatic nitrogens is 4. The van der Waals surface area contributed by atoms with E-state index in [0.717, 1.165) is 153 Å². The number of methoxy groups -OCH3 is 7. The van der Waals surface area contributed by atoms with Gasteiger partial charge in [-0.2, -0.15) is 5.10 Å². The highest BCUT2D eigenvalue weighted by Gasteiger charge is 2.21. The standard InChI is InChI=1S/C18H20O3.C16H17NO2.C16H16O2.C15H22O3.C15H22O2.C14H20O2.C10H11N3O/c1-13-7-6-10-15(18(13)21-2)17(20)12-11-16(19)14-8-4-3-5-9-14;1-12-6-5-8-14(16(12)19-2)15(18)10-9-13-7-3-4-11-17-13;1-12-7-6-10-14(16(12)18-2)15(17)11-13-8-4-3-5-9-13;1-12-8-7-9-13(15(12)18-2)14(17)10-5-3-4-6-11-16;1-4-5-6-7-11-14(16)13-10-8-9-12(2)15(13)17-3;1-4-5-6-10-13(15)12-9-7-8-11(2)14(12)16-3;1-7-4-3-5-8(9(7)14-2)10-11-6-12-13-10/h3-10,16,19H,11-12H2,1-2H3;3-8,11H,9-10H2,1-2H3;3-10H,11H2,1-2H3;7-9,16H,3-6,10-11H2,1-2H3;8-10H,4-7,11H2,1-3H3;7-9H,4-6,10H2,1-3H3;3-6H,1-2H3,(H,11,12,13). The molecule has 2 heterocycles. The number of aromatic amines is 1. The molecule has 0 aliphatic rings. The van der Waals surface area contributed by atoms with Crippen LogP contribution in [0.25, 0.3) is 11.4 Å². The van der Waals surface area contributed by atoms with Crippen LogP contribution in [-0.4, -0.2) is 121 Å². The van der Waals surface area contributed by atoms with Gasteiger partial charge in [0.05, 0.1) is 94.8 Å². The Bertz CT molecular complexity index is 4990. The van der Waals surface area contributed by atoms with Crippen LogP contribution in [0.2, 0.25) is 0 Å². The topological polar surface area (TPSA) is 262 Å². The highest BCUT2D eigenvalue weighted by Crippen LogP contribution is 2.33. The number of aliphatic hydroxyl groups excluding tert-OH is 2. The summed E-state index contributed by atoms with van der Waals surface area (Å²) in [5, 5.41) is 25.4. The maximum atomic E-state index is 12.3. The van der Waals surface area contributed by atoms with Crippen LogP contribution < -0.4 is 33.2 Å². The van der Waals surface area contributed by atoms with Crippen LogP contribution in [0.1, 0.15) is 247 Å². The number of rotatable bonds is 38. The van der Waals surface area contributed by atoms with Crippen molar-refractivity contribution in [1.82, 2.24) is 20.2 Å². The van der Waals surface area contributed by atoms with E-state index in [2.05, 4.69) is 34.0 Å². The van der Waals surface area contributed by atoms with Crippen LogP contribution in [0, 0.1) is 48.5 Å². The number of H-pyrrole nitrogens is 1. The van der Waals surface area contributed by atoms with Gasteiger partial charge in [0, 0.05) is 57.0 Å². The van der Waals surface area contributed by atoms with Gasteiger partial charge in [-0.15, -0.1) is 0 Å². The predicted molar refractivity (Wildman–Crippen MR) is 492 cm³/mol. The number of hydrogen-bond donors (Lipinski definition) is 3. The average Bonchev–Trinajstić information content (AvgIpc) is 1.84. The Hall–Kier alpha value is -12.2. The number of nitrogens with zero attached hydrogens (tertiary/aromatic N) is 3. The number of ether oxygens (including phenoxy) is 7. The molecule has 0 saturated heterocycles. The van der Waals surface area contributed by atoms with Gasteiger partial charge in [0.25, 0.3) is 0 Å². The number of unbranched alkanes of at least 4 members (excludes halogenated alkanes) is 8. The lowest BCUT2D eigenvalue weighted by molar-refractivity contribution is 0.0934. The van der Waals surface area contributed by atoms with Crippen LogP contribution in [0.3, 0.4) is 0 Å². The third kappa shape index (κ3) is 33.6. The Balaban J connectivity index is 0.000000256. The van der Waals surface area contributed by atoms with Gasteiger partial charge in [-0.25, -0.2) is 4.98 Å². The highest BCUT2D eigenvalue weighted by molar-refractivity contribution is 6.02. The molecule has 0 bridgehead atoms. The number of ketones is 6. The summed E-state index contributed by atoms with van der Waals surface area (Å²) in [6.07, 6.45) is 18.0. The van der Waals surface area contributed by atoms with Crippen LogP contribution in [-0.2, 0) is 12.8 Å². The molecule has 0 saturated carbocycles. The Morgan fingerprint density at radius 3 is 1.04 bits per heavy atom. The van der Waals surface area contributed by atoms with E-state index in [-0.39, 0.29) is 47.7 Å². The van der Waals surface area contributed by atoms with Gasteiger partial charge in [0.2, 0.25) is 0 Å². The van der Waals surface area contributed by atoms with E-state index in [1.165, 1.54) is 19.2 Å². The Morgan fingerprint density at radius 2 is 0.675 bits per heavy atom. The van der Waals surface area contributed by atoms with E-state index < -0.39 is 6.10 Å². The summed E-state index contributed by atoms with van der Waals surface area (Å²) in [6.45, 7) is 18.2. The number of pyridine rings is 1. The summed E-state index contributed by atoms with van der Waals surface area (Å²) in [7, 11) is 11.3. The zero-order valence-corrected chi connectivity index (χ0v) is 75.0. The SMILES string of the molecule is CCCCCC(=O)c1cccc(C)c1OC.CCCCCCC(=O)c1cccc(C)c1OC.COc1c(C)cccc1-c1ncn[nH]1.COc1c(C)cccc1C(=O)CCC(O)c1ccccc1.COc1c(C)cccc1C(=O)CCCCCCO.COc1c(C)cccc1C(=O)CCc1ccccn1.COc1c(C)cccc1C(=O)Cc1ccccc1. The molecule has 19 nitrogen and oxygen atoms in total. The average molecular weight is 1670 g/mol. The quantitative estimate of drug-likeness (QED) is 0.0240. The second kappa shape index (κ2) is 57.2. The summed E-state index contributed by atoms with van der Waals surface area (Å²) < 4.78 is 37.1. The molecular weight excluding hydrogens is 1550 g/mol. The number of Topliss-reactive ketones (excluding diaryl/α,β-unsaturated/α-hetero) is 6. The minimum atomic E-state index is -0.619. The minimum Gasteiger partial charge on any atom is -0.496 e. The molecule has 123 heavy (non-hydrogen) atoms. The van der Waals surface area contributed by atoms with E-state index in [4.69, 9.17) is 38.3 Å². The largest absolute Gasteiger partial charge is 0.496 e. The second-order valence-corrected chi connectivity index (χ2v) is 29.6. The zero-order valence-electron chi connectivity index (χ0n) is 75.0. The maximum Gasteiger partial charge on any atom is 0.170 e. The van der Waals surface area contributed by atoms with Gasteiger partial charge in [-0.05, 0) is 192 Å². The first-order chi connectivity index (χ1) is 59.5. The number of carbonyl (C=O) groups is 6. The van der Waals surface area contributed by atoms with Crippen molar-refractivity contribution in [3.05, 3.63) is 308 Å². The van der Waals surface area contributed by atoms with Crippen molar-refractivity contribution in [2.24, 2.45) is 0 Å². The minimum absolute atomic E-state index is 0.00877. The third-order valence-electron chi connectivity index (χ3n) is 20.3. The number of benzene rings is 9. The monoisotopic (exact) mass is 1670 g/mol. The maximum absolute atomic E-state index is 12.3. The van der Waals surface area contributed by atoms with Gasteiger partial charge >= 0.3 is 0 Å². The van der Waals surface area contributed by atoms with Gasteiger partial charge < -0.3 is 43.4 Å². The zero-order chi connectivity index (χ0) is 89.9. The number of aryl methyl sites for hydroxylation is 8. The Morgan fingerprint density at radius 1 is 0.341 bits per heavy atom. The Kier molecular flexibility index (Phi) is 47.1. The molecule has 0 amide bonds. The summed E-state index contributed by atoms with van der Waals surface area (Å²) >= 11 is 0. The van der Waals surface area contributed by atoms with E-state index in [1.54, 1.807) is 62.0 Å². The summed E-state index contributed by atoms with van der Waals surface area (Å²) in [4.78, 5) is 81.3. The van der Waals surface area contributed by atoms with Gasteiger partial charge in [-0.3, -0.25) is 38.8 Å². The lowest BCUT2D eigenvalue weighted by atomic mass is 9.99. The van der Waals surface area contributed by atoms with E-state index in [0.29, 0.717) is 90.2 Å². The number of carbonyl (C=O) groups excluding carboxylic acids is 6. The van der Waals surface area contributed by atoms with Crippen molar-refractivity contribution in [2.75, 3.05) is 56.4 Å². The van der Waals surface area contributed by atoms with E-state index in [1.807, 2.05) is 249 Å². The predicted octanol–water partition coefficient (Wildman–Crippen LogP) is 23.2. The van der Waals surface area contributed by atoms with Gasteiger partial charge in [0.15, 0.2) is 40.5 Å². The van der Waals surface area contributed by atoms with Crippen LogP contribution >= 0.6 is 0 Å². The lowest BCUT2D eigenvalue weighted by Gasteiger charge is -2.12. The second-order valence-electron chi connectivity index (χ2n) is 29.6. The molecular formula is C104H128N4O15. The van der Waals surface area contributed by atoms with E-state index >= 15 is 0 Å². The van der Waals surface area contributed by atoms with Gasteiger partial charge in [0.1, 0.15) is 46.6 Å². The summed E-state index contributed by atoms with van der Waals surface area (Å²) in [5.74, 6) is 6.38. The molecule has 11 aromatic rings. The first kappa shape index (κ1) is 101. The normalized spacial score (nSPS) is 10.5. The molecule has 1 unspecified atom stereocenters. The van der Waals surface area contributed by atoms with Crippen LogP contribution in [0.4, 0.5) is 0 Å². The van der Waals surface area contributed by atoms with Crippen molar-refractivity contribution >= 4 is 34.7 Å². The fourth-order valence-electron chi connectivity index (χ4n) is 13.7. The van der Waals surface area contributed by atoms with Crippen molar-refractivity contribution in [3.63, 3.8) is 0 Å². The molecule has 0 aliphatic carbocycles. The smallest absolute Gasteiger partial charge is 0.170 e. The Labute approximate surface area is 729 Å². The van der Waals surface area contributed by atoms with Crippen LogP contribution in [0.15, 0.2) is 219 Å². The van der Waals surface area contributed by atoms with Crippen molar-refractivity contribution in [1.29, 1.82) is 0 Å². The van der Waals surface area contributed by atoms with E-state index in [9.17, 15) is 33.9 Å². The van der Waals surface area contributed by atoms with Crippen LogP contribution in [0.5, 0.6) is 40.2 Å². The summed E-state index contributed by atoms with van der Waals surface area (Å²) in [5.41, 5.74) is 14.7. The molecule has 0 radical (unpaired) electrons. The highest BCUT2D eigenvalue weighted by atomic mass is 16.5. The molecule has 0 aliphatic heterocycles. The third-order valence-corrected chi connectivity index (χ3v) is 20.3. The molecule has 0 fully saturated rings. The number of hydrogen-bond acceptors (Lipinski definition) is 18. The van der Waals surface area contributed by atoms with Gasteiger partial charge in [-0.1, -0.05) is 210 Å². The van der Waals surface area contributed by atoms with Crippen molar-refractivity contribution < 1.29 is 72.1 Å². The number of para-hydroxylation sites is 7. The van der Waals surface area contributed by atoms with Crippen molar-refractivity contribution in [3.8, 4) is 51.6 Å². The molecule has 9 aromatic carbocycles. The molecule has 3 N–H and O–H groups in total. The molecule has 2 aromatic heterocycles. The number of nitrogens with one attached hydrogen (secondary N) is 1. The molecule has 0 spiro atoms. The first-order valence-electron chi connectivity index (χ1n) is 42.3. The lowest BCUT2D eigenvalue weighted by Crippen LogP contribution is -2.06.